The number of rotatable bonds is 14. The molecule has 13 heteroatoms. The number of amides is 1. The van der Waals surface area contributed by atoms with Crippen molar-refractivity contribution >= 4 is 33.3 Å². The molecule has 1 unspecified atom stereocenters. The molecule has 0 aromatic carbocycles. The Kier molecular flexibility index (Phi) is 9.29. The van der Waals surface area contributed by atoms with E-state index in [1.165, 1.54) is 42.1 Å². The topological polar surface area (TPSA) is 140 Å². The molecule has 0 radical (unpaired) electrons. The van der Waals surface area contributed by atoms with Gasteiger partial charge in [-0.25, -0.2) is 19.4 Å². The standard InChI is InChI=1S/C30H40ClN7O4S/c1-29(2)17-21(18-33-29)7-4-5-15-32-24-8-6-9-26(35-24)43(40,41)37-28(39)23-10-11-25(36-27(23)31)38-20-22(19-34-38)42-16-14-30(3)12-13-30/h6,8-11,19-21,33H,4-5,7,12-18H2,1-3H3,(H,32,35)(H,37,39). The van der Waals surface area contributed by atoms with Crippen LogP contribution in [-0.4, -0.2) is 59.3 Å². The molecular formula is C30H40ClN7O4S. The second-order valence-corrected chi connectivity index (χ2v) is 14.6. The van der Waals surface area contributed by atoms with E-state index >= 15 is 0 Å². The first-order valence-corrected chi connectivity index (χ1v) is 16.7. The molecule has 3 aromatic rings. The van der Waals surface area contributed by atoms with Crippen molar-refractivity contribution in [1.82, 2.24) is 29.8 Å². The number of nitrogens with zero attached hydrogens (tertiary/aromatic N) is 4. The van der Waals surface area contributed by atoms with Crippen LogP contribution in [0.2, 0.25) is 5.15 Å². The van der Waals surface area contributed by atoms with Crippen LogP contribution in [-0.2, 0) is 10.0 Å². The van der Waals surface area contributed by atoms with Crippen LogP contribution in [0.4, 0.5) is 5.82 Å². The van der Waals surface area contributed by atoms with Crippen molar-refractivity contribution in [2.24, 2.45) is 11.3 Å². The number of nitrogens with one attached hydrogen (secondary N) is 3. The molecular weight excluding hydrogens is 590 g/mol. The van der Waals surface area contributed by atoms with Gasteiger partial charge < -0.3 is 15.4 Å². The van der Waals surface area contributed by atoms with E-state index in [0.29, 0.717) is 41.9 Å². The Morgan fingerprint density at radius 1 is 1.16 bits per heavy atom. The Hall–Kier alpha value is -3.22. The number of aromatic nitrogens is 4. The highest BCUT2D eigenvalue weighted by Crippen LogP contribution is 2.47. The van der Waals surface area contributed by atoms with Gasteiger partial charge in [-0.2, -0.15) is 13.5 Å². The summed E-state index contributed by atoms with van der Waals surface area (Å²) in [6.45, 7) is 9.04. The van der Waals surface area contributed by atoms with Crippen LogP contribution >= 0.6 is 11.6 Å². The lowest BCUT2D eigenvalue weighted by atomic mass is 9.93. The van der Waals surface area contributed by atoms with E-state index in [0.717, 1.165) is 32.2 Å². The average molecular weight is 630 g/mol. The Balaban J connectivity index is 1.12. The number of halogens is 1. The summed E-state index contributed by atoms with van der Waals surface area (Å²) in [7, 11) is -4.26. The van der Waals surface area contributed by atoms with E-state index in [9.17, 15) is 13.2 Å². The van der Waals surface area contributed by atoms with Crippen LogP contribution in [0, 0.1) is 11.3 Å². The van der Waals surface area contributed by atoms with E-state index in [4.69, 9.17) is 16.3 Å². The minimum atomic E-state index is -4.26. The third-order valence-electron chi connectivity index (χ3n) is 8.19. The Bertz CT molecular complexity index is 1560. The second-order valence-electron chi connectivity index (χ2n) is 12.6. The first-order valence-electron chi connectivity index (χ1n) is 14.8. The third-order valence-corrected chi connectivity index (χ3v) is 9.71. The fourth-order valence-electron chi connectivity index (χ4n) is 5.26. The molecule has 2 aliphatic rings. The van der Waals surface area contributed by atoms with E-state index in [-0.39, 0.29) is 21.3 Å². The van der Waals surface area contributed by atoms with Crippen LogP contribution < -0.4 is 20.1 Å². The van der Waals surface area contributed by atoms with E-state index in [1.54, 1.807) is 24.5 Å². The van der Waals surface area contributed by atoms with E-state index < -0.39 is 15.9 Å². The van der Waals surface area contributed by atoms with Crippen molar-refractivity contribution in [3.8, 4) is 11.6 Å². The summed E-state index contributed by atoms with van der Waals surface area (Å²) in [6.07, 6.45) is 11.1. The predicted molar refractivity (Wildman–Crippen MR) is 165 cm³/mol. The first kappa shape index (κ1) is 31.2. The summed E-state index contributed by atoms with van der Waals surface area (Å²) in [5.74, 6) is 1.16. The molecule has 1 aliphatic carbocycles. The summed E-state index contributed by atoms with van der Waals surface area (Å²) in [4.78, 5) is 21.3. The van der Waals surface area contributed by atoms with Crippen LogP contribution in [0.25, 0.3) is 5.82 Å². The fraction of sp³-hybridized carbons (Fsp3) is 0.533. The number of pyridine rings is 2. The van der Waals surface area contributed by atoms with Gasteiger partial charge in [-0.3, -0.25) is 4.79 Å². The molecule has 3 N–H and O–H groups in total. The number of ether oxygens (including phenoxy) is 1. The lowest BCUT2D eigenvalue weighted by Crippen LogP contribution is -2.31. The lowest BCUT2D eigenvalue weighted by molar-refractivity contribution is 0.0981. The van der Waals surface area contributed by atoms with Crippen molar-refractivity contribution in [2.45, 2.75) is 76.3 Å². The van der Waals surface area contributed by atoms with E-state index in [2.05, 4.69) is 46.5 Å². The molecule has 1 amide bonds. The normalized spacial score (nSPS) is 18.7. The highest BCUT2D eigenvalue weighted by Gasteiger charge is 2.36. The molecule has 1 atom stereocenters. The number of carbonyl (C=O) groups excluding carboxylic acids is 1. The molecule has 2 fully saturated rings. The smallest absolute Gasteiger partial charge is 0.281 e. The zero-order valence-electron chi connectivity index (χ0n) is 24.9. The van der Waals surface area contributed by atoms with Gasteiger partial charge >= 0.3 is 0 Å². The van der Waals surface area contributed by atoms with Gasteiger partial charge in [0.1, 0.15) is 11.0 Å². The van der Waals surface area contributed by atoms with Gasteiger partial charge in [0.15, 0.2) is 16.6 Å². The highest BCUT2D eigenvalue weighted by molar-refractivity contribution is 7.90. The maximum absolute atomic E-state index is 13.0. The van der Waals surface area contributed by atoms with Crippen molar-refractivity contribution in [1.29, 1.82) is 0 Å². The maximum Gasteiger partial charge on any atom is 0.281 e. The average Bonchev–Trinajstić information content (AvgIpc) is 3.33. The minimum absolute atomic E-state index is 0.0922. The molecule has 5 rings (SSSR count). The highest BCUT2D eigenvalue weighted by atomic mass is 35.5. The van der Waals surface area contributed by atoms with Crippen LogP contribution in [0.5, 0.6) is 5.75 Å². The maximum atomic E-state index is 13.0. The minimum Gasteiger partial charge on any atom is -0.490 e. The molecule has 43 heavy (non-hydrogen) atoms. The first-order chi connectivity index (χ1) is 20.4. The Morgan fingerprint density at radius 3 is 2.70 bits per heavy atom. The van der Waals surface area contributed by atoms with Crippen molar-refractivity contribution in [3.05, 3.63) is 53.4 Å². The van der Waals surface area contributed by atoms with E-state index in [1.807, 2.05) is 4.72 Å². The molecule has 4 heterocycles. The molecule has 11 nitrogen and oxygen atoms in total. The van der Waals surface area contributed by atoms with Crippen molar-refractivity contribution in [3.63, 3.8) is 0 Å². The molecule has 3 aromatic heterocycles. The number of anilines is 1. The van der Waals surface area contributed by atoms with Gasteiger partial charge in [0.05, 0.1) is 24.6 Å². The van der Waals surface area contributed by atoms with Gasteiger partial charge in [0.25, 0.3) is 15.9 Å². The number of unbranched alkanes of at least 4 members (excludes halogenated alkanes) is 1. The van der Waals surface area contributed by atoms with Gasteiger partial charge in [-0.1, -0.05) is 31.0 Å². The second kappa shape index (κ2) is 12.8. The number of hydrogen-bond donors (Lipinski definition) is 3. The molecule has 1 saturated heterocycles. The zero-order valence-corrected chi connectivity index (χ0v) is 26.5. The largest absolute Gasteiger partial charge is 0.490 e. The SMILES string of the molecule is CC1(CCOc2cnn(-c3ccc(C(=O)NS(=O)(=O)c4cccc(NCCCCC5CNC(C)(C)C5)n4)c(Cl)n3)c2)CC1. The third kappa shape index (κ3) is 8.45. The fourth-order valence-corrected chi connectivity index (χ4v) is 6.43. The Morgan fingerprint density at radius 2 is 1.98 bits per heavy atom. The summed E-state index contributed by atoms with van der Waals surface area (Å²) < 4.78 is 35.3. The van der Waals surface area contributed by atoms with Crippen LogP contribution in [0.15, 0.2) is 47.8 Å². The predicted octanol–water partition coefficient (Wildman–Crippen LogP) is 4.97. The number of hydrogen-bond acceptors (Lipinski definition) is 9. The summed E-state index contributed by atoms with van der Waals surface area (Å²) in [5, 5.41) is 10.6. The van der Waals surface area contributed by atoms with Crippen molar-refractivity contribution < 1.29 is 17.9 Å². The van der Waals surface area contributed by atoms with Crippen molar-refractivity contribution in [2.75, 3.05) is 25.0 Å². The van der Waals surface area contributed by atoms with Crippen LogP contribution in [0.3, 0.4) is 0 Å². The van der Waals surface area contributed by atoms with Gasteiger partial charge in [-0.05, 0) is 94.5 Å². The number of sulfonamides is 1. The molecule has 232 valence electrons. The zero-order chi connectivity index (χ0) is 30.7. The Labute approximate surface area is 258 Å². The number of carbonyl (C=O) groups is 1. The molecule has 1 aliphatic heterocycles. The quantitative estimate of drug-likeness (QED) is 0.166. The summed E-state index contributed by atoms with van der Waals surface area (Å²) in [6, 6.07) is 7.55. The molecule has 0 bridgehead atoms. The van der Waals surface area contributed by atoms with Gasteiger partial charge in [0.2, 0.25) is 0 Å². The molecule has 0 spiro atoms. The summed E-state index contributed by atoms with van der Waals surface area (Å²) >= 11 is 6.29. The lowest BCUT2D eigenvalue weighted by Gasteiger charge is -2.17. The monoisotopic (exact) mass is 629 g/mol. The van der Waals surface area contributed by atoms with Gasteiger partial charge in [0, 0.05) is 12.1 Å². The molecule has 1 saturated carbocycles. The van der Waals surface area contributed by atoms with Gasteiger partial charge in [-0.15, -0.1) is 0 Å². The van der Waals surface area contributed by atoms with Crippen LogP contribution in [0.1, 0.15) is 76.1 Å². The summed E-state index contributed by atoms with van der Waals surface area (Å²) in [5.41, 5.74) is 0.521.